The smallest absolute Gasteiger partial charge is 0.161 e. The first-order valence-corrected chi connectivity index (χ1v) is 6.11. The second-order valence-corrected chi connectivity index (χ2v) is 4.36. The van der Waals surface area contributed by atoms with E-state index in [-0.39, 0.29) is 12.4 Å². The first-order chi connectivity index (χ1) is 9.28. The van der Waals surface area contributed by atoms with Crippen LogP contribution in [0.5, 0.6) is 17.2 Å². The lowest BCUT2D eigenvalue weighted by Crippen LogP contribution is -2.15. The van der Waals surface area contributed by atoms with E-state index in [1.807, 2.05) is 18.2 Å². The summed E-state index contributed by atoms with van der Waals surface area (Å²) in [4.78, 5) is 0. The Hall–Kier alpha value is -2.20. The van der Waals surface area contributed by atoms with Gasteiger partial charge in [0.25, 0.3) is 0 Å². The van der Waals surface area contributed by atoms with Crippen LogP contribution in [0.15, 0.2) is 36.4 Å². The van der Waals surface area contributed by atoms with Gasteiger partial charge in [0.15, 0.2) is 11.5 Å². The van der Waals surface area contributed by atoms with Crippen LogP contribution < -0.4 is 9.47 Å². The quantitative estimate of drug-likeness (QED) is 0.868. The number of fused-ring (bicyclic) bond motifs is 1. The molecular formula is C15H14O4. The predicted molar refractivity (Wildman–Crippen MR) is 70.5 cm³/mol. The van der Waals surface area contributed by atoms with Crippen molar-refractivity contribution in [1.82, 2.24) is 0 Å². The van der Waals surface area contributed by atoms with Gasteiger partial charge in [-0.05, 0) is 41.0 Å². The molecule has 2 N–H and O–H groups in total. The van der Waals surface area contributed by atoms with Gasteiger partial charge in [-0.1, -0.05) is 12.1 Å². The number of aromatic hydroxyl groups is 1. The first-order valence-electron chi connectivity index (χ1n) is 6.11. The van der Waals surface area contributed by atoms with E-state index in [1.54, 1.807) is 18.2 Å². The Morgan fingerprint density at radius 1 is 0.947 bits per heavy atom. The van der Waals surface area contributed by atoms with Gasteiger partial charge in [-0.2, -0.15) is 0 Å². The topological polar surface area (TPSA) is 58.9 Å². The number of rotatable bonds is 2. The average Bonchev–Trinajstić information content (AvgIpc) is 2.46. The maximum absolute atomic E-state index is 9.45. The lowest BCUT2D eigenvalue weighted by atomic mass is 9.99. The molecule has 98 valence electrons. The van der Waals surface area contributed by atoms with Crippen molar-refractivity contribution in [3.05, 3.63) is 42.0 Å². The molecule has 2 aromatic carbocycles. The molecule has 4 nitrogen and oxygen atoms in total. The molecule has 0 radical (unpaired) electrons. The zero-order valence-corrected chi connectivity index (χ0v) is 10.3. The summed E-state index contributed by atoms with van der Waals surface area (Å²) in [5.74, 6) is 1.59. The highest BCUT2D eigenvalue weighted by atomic mass is 16.6. The van der Waals surface area contributed by atoms with Gasteiger partial charge in [-0.3, -0.25) is 0 Å². The molecule has 0 saturated heterocycles. The van der Waals surface area contributed by atoms with Gasteiger partial charge in [-0.15, -0.1) is 0 Å². The Labute approximate surface area is 110 Å². The second-order valence-electron chi connectivity index (χ2n) is 4.36. The van der Waals surface area contributed by atoms with Crippen LogP contribution >= 0.6 is 0 Å². The Balaban J connectivity index is 2.07. The summed E-state index contributed by atoms with van der Waals surface area (Å²) in [6.45, 7) is 0.977. The molecule has 19 heavy (non-hydrogen) atoms. The lowest BCUT2D eigenvalue weighted by Gasteiger charge is -2.19. The average molecular weight is 258 g/mol. The maximum atomic E-state index is 9.45. The summed E-state index contributed by atoms with van der Waals surface area (Å²) in [6, 6.07) is 10.6. The number of phenolic OH excluding ortho intramolecular Hbond substituents is 1. The standard InChI is InChI=1S/C15H14O4/c16-9-11-7-12(17)2-3-13(11)10-1-4-14-15(8-10)19-6-5-18-14/h1-4,7-8,16-17H,5-6,9H2. The molecule has 1 aliphatic heterocycles. The number of ether oxygens (including phenoxy) is 2. The van der Waals surface area contributed by atoms with Crippen molar-refractivity contribution < 1.29 is 19.7 Å². The maximum Gasteiger partial charge on any atom is 0.161 e. The molecule has 1 aliphatic rings. The van der Waals surface area contributed by atoms with E-state index >= 15 is 0 Å². The Morgan fingerprint density at radius 3 is 2.53 bits per heavy atom. The van der Waals surface area contributed by atoms with Crippen molar-refractivity contribution in [3.63, 3.8) is 0 Å². The van der Waals surface area contributed by atoms with Crippen LogP contribution in [0.1, 0.15) is 5.56 Å². The van der Waals surface area contributed by atoms with Crippen LogP contribution in [-0.4, -0.2) is 23.4 Å². The zero-order chi connectivity index (χ0) is 13.2. The molecule has 0 aromatic heterocycles. The highest BCUT2D eigenvalue weighted by Gasteiger charge is 2.13. The summed E-state index contributed by atoms with van der Waals surface area (Å²) < 4.78 is 11.0. The molecule has 2 aromatic rings. The van der Waals surface area contributed by atoms with Crippen molar-refractivity contribution in [2.45, 2.75) is 6.61 Å². The summed E-state index contributed by atoms with van der Waals surface area (Å²) >= 11 is 0. The molecule has 0 atom stereocenters. The van der Waals surface area contributed by atoms with Crippen LogP contribution in [0.2, 0.25) is 0 Å². The third-order valence-corrected chi connectivity index (χ3v) is 3.11. The molecule has 1 heterocycles. The number of benzene rings is 2. The fourth-order valence-corrected chi connectivity index (χ4v) is 2.20. The minimum Gasteiger partial charge on any atom is -0.508 e. The van der Waals surface area contributed by atoms with Gasteiger partial charge < -0.3 is 19.7 Å². The monoisotopic (exact) mass is 258 g/mol. The molecule has 0 saturated carbocycles. The van der Waals surface area contributed by atoms with Crippen LogP contribution in [0.3, 0.4) is 0 Å². The zero-order valence-electron chi connectivity index (χ0n) is 10.3. The molecule has 0 amide bonds. The molecule has 0 bridgehead atoms. The van der Waals surface area contributed by atoms with E-state index in [2.05, 4.69) is 0 Å². The number of phenols is 1. The fraction of sp³-hybridized carbons (Fsp3) is 0.200. The molecule has 4 heteroatoms. The third-order valence-electron chi connectivity index (χ3n) is 3.11. The second kappa shape index (κ2) is 4.82. The first kappa shape index (κ1) is 11.9. The highest BCUT2D eigenvalue weighted by molar-refractivity contribution is 5.71. The van der Waals surface area contributed by atoms with Gasteiger partial charge in [0, 0.05) is 0 Å². The van der Waals surface area contributed by atoms with E-state index in [0.29, 0.717) is 24.5 Å². The van der Waals surface area contributed by atoms with Crippen molar-refractivity contribution in [2.24, 2.45) is 0 Å². The highest BCUT2D eigenvalue weighted by Crippen LogP contribution is 2.36. The van der Waals surface area contributed by atoms with Gasteiger partial charge >= 0.3 is 0 Å². The van der Waals surface area contributed by atoms with Crippen molar-refractivity contribution >= 4 is 0 Å². The number of hydrogen-bond donors (Lipinski definition) is 2. The molecule has 0 unspecified atom stereocenters. The van der Waals surface area contributed by atoms with Gasteiger partial charge in [0.05, 0.1) is 6.61 Å². The van der Waals surface area contributed by atoms with Gasteiger partial charge in [0.1, 0.15) is 19.0 Å². The van der Waals surface area contributed by atoms with Crippen LogP contribution in [0.25, 0.3) is 11.1 Å². The number of hydrogen-bond acceptors (Lipinski definition) is 4. The van der Waals surface area contributed by atoms with Crippen LogP contribution in [0.4, 0.5) is 0 Å². The lowest BCUT2D eigenvalue weighted by molar-refractivity contribution is 0.171. The predicted octanol–water partition coefficient (Wildman–Crippen LogP) is 2.32. The van der Waals surface area contributed by atoms with Gasteiger partial charge in [0.2, 0.25) is 0 Å². The summed E-state index contributed by atoms with van der Waals surface area (Å²) in [5.41, 5.74) is 2.47. The molecule has 0 fully saturated rings. The van der Waals surface area contributed by atoms with E-state index in [9.17, 15) is 10.2 Å². The summed E-state index contributed by atoms with van der Waals surface area (Å²) in [6.07, 6.45) is 0. The van der Waals surface area contributed by atoms with Crippen molar-refractivity contribution in [1.29, 1.82) is 0 Å². The van der Waals surface area contributed by atoms with E-state index in [0.717, 1.165) is 16.9 Å². The normalized spacial score (nSPS) is 13.3. The number of aliphatic hydroxyl groups is 1. The Bertz CT molecular complexity index is 607. The van der Waals surface area contributed by atoms with Gasteiger partial charge in [-0.25, -0.2) is 0 Å². The van der Waals surface area contributed by atoms with Crippen molar-refractivity contribution in [2.75, 3.05) is 13.2 Å². The Kier molecular flexibility index (Phi) is 3.01. The minimum absolute atomic E-state index is 0.127. The Morgan fingerprint density at radius 2 is 1.74 bits per heavy atom. The van der Waals surface area contributed by atoms with Crippen LogP contribution in [0, 0.1) is 0 Å². The summed E-state index contributed by atoms with van der Waals surface area (Å²) in [7, 11) is 0. The van der Waals surface area contributed by atoms with E-state index in [4.69, 9.17) is 9.47 Å². The third kappa shape index (κ3) is 2.22. The minimum atomic E-state index is -0.127. The molecule has 0 spiro atoms. The van der Waals surface area contributed by atoms with E-state index in [1.165, 1.54) is 0 Å². The SMILES string of the molecule is OCc1cc(O)ccc1-c1ccc2c(c1)OCCO2. The molecular weight excluding hydrogens is 244 g/mol. The summed E-state index contributed by atoms with van der Waals surface area (Å²) in [5, 5.41) is 18.8. The molecule has 0 aliphatic carbocycles. The fourth-order valence-electron chi connectivity index (χ4n) is 2.20. The molecule has 3 rings (SSSR count). The number of aliphatic hydroxyl groups excluding tert-OH is 1. The largest absolute Gasteiger partial charge is 0.508 e. The van der Waals surface area contributed by atoms with E-state index < -0.39 is 0 Å². The van der Waals surface area contributed by atoms with Crippen molar-refractivity contribution in [3.8, 4) is 28.4 Å². The van der Waals surface area contributed by atoms with Crippen LogP contribution in [-0.2, 0) is 6.61 Å².